The summed E-state index contributed by atoms with van der Waals surface area (Å²) in [7, 11) is 3.01. The Morgan fingerprint density at radius 2 is 1.50 bits per heavy atom. The fourth-order valence-corrected chi connectivity index (χ4v) is 1.70. The monoisotopic (exact) mass is 248 g/mol. The molecule has 0 saturated heterocycles. The van der Waals surface area contributed by atoms with E-state index in [2.05, 4.69) is 0 Å². The Balaban J connectivity index is 2.54. The highest BCUT2D eigenvalue weighted by Crippen LogP contribution is 2.35. The number of rotatable bonds is 3. The standard InChI is InChI=1S/C14H13FO3/c1-17-9-4-6-13(15)12(7-9)11-5-3-10(18-2)8-14(11)16/h3-8,16H,1-2H3. The number of halogens is 1. The minimum absolute atomic E-state index is 0.0403. The summed E-state index contributed by atoms with van der Waals surface area (Å²) >= 11 is 0. The zero-order chi connectivity index (χ0) is 13.1. The van der Waals surface area contributed by atoms with Gasteiger partial charge in [0, 0.05) is 17.2 Å². The van der Waals surface area contributed by atoms with Crippen LogP contribution in [0.2, 0.25) is 0 Å². The second kappa shape index (κ2) is 4.96. The summed E-state index contributed by atoms with van der Waals surface area (Å²) < 4.78 is 23.8. The number of aromatic hydroxyl groups is 1. The first kappa shape index (κ1) is 12.2. The molecule has 4 heteroatoms. The van der Waals surface area contributed by atoms with Crippen molar-refractivity contribution < 1.29 is 19.0 Å². The van der Waals surface area contributed by atoms with Crippen molar-refractivity contribution in [3.05, 3.63) is 42.2 Å². The van der Waals surface area contributed by atoms with Crippen molar-refractivity contribution >= 4 is 0 Å². The summed E-state index contributed by atoms with van der Waals surface area (Å²) in [5.74, 6) is 0.582. The van der Waals surface area contributed by atoms with Crippen LogP contribution in [0, 0.1) is 5.82 Å². The molecule has 0 radical (unpaired) electrons. The van der Waals surface area contributed by atoms with Crippen molar-refractivity contribution in [2.45, 2.75) is 0 Å². The van der Waals surface area contributed by atoms with Crippen LogP contribution in [0.1, 0.15) is 0 Å². The molecule has 0 amide bonds. The molecule has 0 fully saturated rings. The lowest BCUT2D eigenvalue weighted by atomic mass is 10.0. The summed E-state index contributed by atoms with van der Waals surface area (Å²) in [5.41, 5.74) is 0.682. The van der Waals surface area contributed by atoms with Crippen molar-refractivity contribution in [1.82, 2.24) is 0 Å². The van der Waals surface area contributed by atoms with Crippen molar-refractivity contribution in [2.75, 3.05) is 14.2 Å². The molecular weight excluding hydrogens is 235 g/mol. The normalized spacial score (nSPS) is 10.2. The van der Waals surface area contributed by atoms with Crippen LogP contribution in [0.3, 0.4) is 0 Å². The largest absolute Gasteiger partial charge is 0.507 e. The summed E-state index contributed by atoms with van der Waals surface area (Å²) in [6.07, 6.45) is 0. The molecule has 0 aliphatic carbocycles. The second-order valence-electron chi connectivity index (χ2n) is 3.73. The Morgan fingerprint density at radius 3 is 2.11 bits per heavy atom. The zero-order valence-electron chi connectivity index (χ0n) is 10.1. The Bertz CT molecular complexity index is 567. The van der Waals surface area contributed by atoms with Gasteiger partial charge in [-0.2, -0.15) is 0 Å². The number of methoxy groups -OCH3 is 2. The number of hydrogen-bond acceptors (Lipinski definition) is 3. The Labute approximate surface area is 104 Å². The zero-order valence-corrected chi connectivity index (χ0v) is 10.1. The van der Waals surface area contributed by atoms with E-state index < -0.39 is 5.82 Å². The molecule has 0 aromatic heterocycles. The quantitative estimate of drug-likeness (QED) is 0.906. The molecule has 1 N–H and O–H groups in total. The van der Waals surface area contributed by atoms with Crippen molar-refractivity contribution in [3.8, 4) is 28.4 Å². The summed E-state index contributed by atoms with van der Waals surface area (Å²) in [5, 5.41) is 9.88. The SMILES string of the molecule is COc1ccc(-c2cc(OC)ccc2F)c(O)c1. The molecule has 2 rings (SSSR count). The van der Waals surface area contributed by atoms with E-state index in [-0.39, 0.29) is 11.3 Å². The number of phenolic OH excluding ortho intramolecular Hbond substituents is 1. The molecule has 94 valence electrons. The maximum Gasteiger partial charge on any atom is 0.131 e. The number of benzene rings is 2. The topological polar surface area (TPSA) is 38.7 Å². The number of ether oxygens (including phenoxy) is 2. The highest BCUT2D eigenvalue weighted by Gasteiger charge is 2.11. The molecule has 0 unspecified atom stereocenters. The first-order valence-electron chi connectivity index (χ1n) is 5.36. The second-order valence-corrected chi connectivity index (χ2v) is 3.73. The third-order valence-electron chi connectivity index (χ3n) is 2.67. The van der Waals surface area contributed by atoms with Gasteiger partial charge in [-0.3, -0.25) is 0 Å². The molecule has 0 aliphatic rings. The molecule has 0 atom stereocenters. The molecule has 3 nitrogen and oxygen atoms in total. The first-order chi connectivity index (χ1) is 8.65. The smallest absolute Gasteiger partial charge is 0.131 e. The molecule has 18 heavy (non-hydrogen) atoms. The average Bonchev–Trinajstić information content (AvgIpc) is 2.39. The molecular formula is C14H13FO3. The average molecular weight is 248 g/mol. The van der Waals surface area contributed by atoms with Crippen LogP contribution in [-0.4, -0.2) is 19.3 Å². The fourth-order valence-electron chi connectivity index (χ4n) is 1.70. The van der Waals surface area contributed by atoms with E-state index in [1.54, 1.807) is 12.1 Å². The molecule has 2 aromatic carbocycles. The van der Waals surface area contributed by atoms with E-state index in [0.717, 1.165) is 0 Å². The minimum atomic E-state index is -0.420. The highest BCUT2D eigenvalue weighted by atomic mass is 19.1. The first-order valence-corrected chi connectivity index (χ1v) is 5.36. The Morgan fingerprint density at radius 1 is 0.889 bits per heavy atom. The van der Waals surface area contributed by atoms with E-state index in [1.165, 1.54) is 38.5 Å². The van der Waals surface area contributed by atoms with Gasteiger partial charge in [0.1, 0.15) is 23.1 Å². The summed E-state index contributed by atoms with van der Waals surface area (Å²) in [6.45, 7) is 0. The lowest BCUT2D eigenvalue weighted by Gasteiger charge is -2.09. The van der Waals surface area contributed by atoms with Gasteiger partial charge in [-0.1, -0.05) is 0 Å². The maximum atomic E-state index is 13.8. The number of phenols is 1. The lowest BCUT2D eigenvalue weighted by Crippen LogP contribution is -1.89. The third kappa shape index (κ3) is 2.22. The van der Waals surface area contributed by atoms with E-state index in [0.29, 0.717) is 17.1 Å². The number of hydrogen-bond donors (Lipinski definition) is 1. The highest BCUT2D eigenvalue weighted by molar-refractivity contribution is 5.72. The van der Waals surface area contributed by atoms with Gasteiger partial charge in [0.15, 0.2) is 0 Å². The molecule has 0 spiro atoms. The van der Waals surface area contributed by atoms with E-state index >= 15 is 0 Å². The van der Waals surface area contributed by atoms with Crippen LogP contribution in [0.5, 0.6) is 17.2 Å². The van der Waals surface area contributed by atoms with Gasteiger partial charge in [0.2, 0.25) is 0 Å². The predicted molar refractivity (Wildman–Crippen MR) is 66.6 cm³/mol. The Hall–Kier alpha value is -2.23. The van der Waals surface area contributed by atoms with Crippen LogP contribution in [0.4, 0.5) is 4.39 Å². The van der Waals surface area contributed by atoms with E-state index in [1.807, 2.05) is 0 Å². The molecule has 0 saturated carbocycles. The molecule has 2 aromatic rings. The lowest BCUT2D eigenvalue weighted by molar-refractivity contribution is 0.408. The molecule has 0 bridgehead atoms. The third-order valence-corrected chi connectivity index (χ3v) is 2.67. The van der Waals surface area contributed by atoms with E-state index in [4.69, 9.17) is 9.47 Å². The van der Waals surface area contributed by atoms with Gasteiger partial charge in [0.05, 0.1) is 14.2 Å². The van der Waals surface area contributed by atoms with Crippen LogP contribution >= 0.6 is 0 Å². The van der Waals surface area contributed by atoms with Crippen LogP contribution in [0.25, 0.3) is 11.1 Å². The Kier molecular flexibility index (Phi) is 3.37. The molecule has 0 aliphatic heterocycles. The van der Waals surface area contributed by atoms with Crippen molar-refractivity contribution in [1.29, 1.82) is 0 Å². The van der Waals surface area contributed by atoms with E-state index in [9.17, 15) is 9.50 Å². The van der Waals surface area contributed by atoms with Crippen LogP contribution < -0.4 is 9.47 Å². The fraction of sp³-hybridized carbons (Fsp3) is 0.143. The van der Waals surface area contributed by atoms with Gasteiger partial charge in [-0.25, -0.2) is 4.39 Å². The van der Waals surface area contributed by atoms with Crippen molar-refractivity contribution in [3.63, 3.8) is 0 Å². The maximum absolute atomic E-state index is 13.8. The minimum Gasteiger partial charge on any atom is -0.507 e. The van der Waals surface area contributed by atoms with Crippen LogP contribution in [0.15, 0.2) is 36.4 Å². The van der Waals surface area contributed by atoms with Gasteiger partial charge in [-0.05, 0) is 30.3 Å². The van der Waals surface area contributed by atoms with Gasteiger partial charge >= 0.3 is 0 Å². The summed E-state index contributed by atoms with van der Waals surface area (Å²) in [6, 6.07) is 9.07. The van der Waals surface area contributed by atoms with Gasteiger partial charge in [-0.15, -0.1) is 0 Å². The van der Waals surface area contributed by atoms with Crippen molar-refractivity contribution in [2.24, 2.45) is 0 Å². The summed E-state index contributed by atoms with van der Waals surface area (Å²) in [4.78, 5) is 0. The van der Waals surface area contributed by atoms with Gasteiger partial charge in [0.25, 0.3) is 0 Å². The van der Waals surface area contributed by atoms with Crippen LogP contribution in [-0.2, 0) is 0 Å². The van der Waals surface area contributed by atoms with Gasteiger partial charge < -0.3 is 14.6 Å². The molecule has 0 heterocycles. The predicted octanol–water partition coefficient (Wildman–Crippen LogP) is 3.22.